The van der Waals surface area contributed by atoms with E-state index >= 15 is 0 Å². The van der Waals surface area contributed by atoms with Gasteiger partial charge in [0, 0.05) is 104 Å². The van der Waals surface area contributed by atoms with Crippen LogP contribution in [0.25, 0.3) is 0 Å². The number of unbranched alkanes of at least 4 members (excludes halogenated alkanes) is 2. The van der Waals surface area contributed by atoms with Crippen LogP contribution in [-0.2, 0) is 55.4 Å². The molecular weight excluding hydrogens is 1080 g/mol. The van der Waals surface area contributed by atoms with E-state index in [-0.39, 0.29) is 82.8 Å². The molecule has 0 unspecified atom stereocenters. The lowest BCUT2D eigenvalue weighted by molar-refractivity contribution is -0.440. The van der Waals surface area contributed by atoms with Crippen molar-refractivity contribution in [1.82, 2.24) is 21.3 Å². The van der Waals surface area contributed by atoms with Crippen molar-refractivity contribution < 1.29 is 98.5 Å². The Morgan fingerprint density at radius 3 is 1.41 bits per heavy atom. The molecule has 0 aliphatic rings. The highest BCUT2D eigenvalue weighted by atomic mass is 32.2. The number of rotatable bonds is 31. The van der Waals surface area contributed by atoms with Gasteiger partial charge in [-0.2, -0.15) is 46.7 Å². The fourth-order valence-electron chi connectivity index (χ4n) is 6.87. The molecule has 0 atom stereocenters. The van der Waals surface area contributed by atoms with Crippen LogP contribution < -0.4 is 26.2 Å². The summed E-state index contributed by atoms with van der Waals surface area (Å²) < 4.78 is 162. The van der Waals surface area contributed by atoms with E-state index in [0.717, 1.165) is 12.1 Å². The predicted molar refractivity (Wildman–Crippen MR) is 270 cm³/mol. The molecule has 2 aromatic carbocycles. The molecule has 32 heteroatoms. The number of carbonyl (C=O) groups excluding carboxylic acids is 4. The molecule has 0 radical (unpaired) electrons. The van der Waals surface area contributed by atoms with Crippen LogP contribution in [0.4, 0.5) is 11.4 Å². The second-order valence-electron chi connectivity index (χ2n) is 16.5. The minimum atomic E-state index is -4.53. The molecule has 0 fully saturated rings. The third-order valence-corrected chi connectivity index (χ3v) is 14.2. The molecule has 4 amide bonds. The molecule has 0 heterocycles. The van der Waals surface area contributed by atoms with E-state index in [0.29, 0.717) is 18.5 Å². The minimum Gasteiger partial charge on any atom is -0.481 e. The molecule has 2 rings (SSSR count). The molecule has 10 N–H and O–H groups in total. The number of aliphatic carboxylic acids is 1. The first kappa shape index (κ1) is 64.4. The van der Waals surface area contributed by atoms with Crippen molar-refractivity contribution in [3.05, 3.63) is 81.6 Å². The van der Waals surface area contributed by atoms with Gasteiger partial charge in [-0.3, -0.25) is 46.7 Å². The van der Waals surface area contributed by atoms with Crippen molar-refractivity contribution in [2.24, 2.45) is 0 Å². The summed E-state index contributed by atoms with van der Waals surface area (Å²) in [4.78, 5) is 66.8. The van der Waals surface area contributed by atoms with Gasteiger partial charge in [0.05, 0.1) is 28.8 Å². The third-order valence-electron chi connectivity index (χ3n) is 10.5. The van der Waals surface area contributed by atoms with Gasteiger partial charge >= 0.3 is 5.97 Å². The van der Waals surface area contributed by atoms with E-state index in [9.17, 15) is 93.9 Å². The maximum atomic E-state index is 13.5. The number of allylic oxidation sites excluding steroid dienone is 4. The Morgan fingerprint density at radius 2 is 0.973 bits per heavy atom. The fourth-order valence-corrected chi connectivity index (χ4v) is 8.80. The van der Waals surface area contributed by atoms with Crippen LogP contribution in [0.15, 0.2) is 48.2 Å². The van der Waals surface area contributed by atoms with Gasteiger partial charge in [0.15, 0.2) is 5.71 Å². The van der Waals surface area contributed by atoms with Gasteiger partial charge in [0.25, 0.3) is 74.2 Å². The second kappa shape index (κ2) is 28.3. The summed E-state index contributed by atoms with van der Waals surface area (Å²) in [5, 5.41) is 18.5. The lowest BCUT2D eigenvalue weighted by Gasteiger charge is -2.29. The Balaban J connectivity index is 2.95. The van der Waals surface area contributed by atoms with Crippen molar-refractivity contribution in [1.29, 1.82) is 0 Å². The fraction of sp³-hybridized carbons (Fsp3) is 0.476. The third kappa shape index (κ3) is 24.5. The Hall–Kier alpha value is -5.71. The van der Waals surface area contributed by atoms with E-state index in [1.165, 1.54) is 42.7 Å². The molecule has 0 aliphatic carbocycles. The molecule has 0 saturated carbocycles. The number of nitrogens with zero attached hydrogens (tertiary/aromatic N) is 2. The summed E-state index contributed by atoms with van der Waals surface area (Å²) in [5.41, 5.74) is 0.524. The number of amides is 4. The minimum absolute atomic E-state index is 0.0817. The number of hydrogen-bond acceptors (Lipinski definition) is 16. The van der Waals surface area contributed by atoms with Crippen molar-refractivity contribution in [3.8, 4) is 0 Å². The van der Waals surface area contributed by atoms with Gasteiger partial charge in [-0.15, -0.1) is 0 Å². The SMILES string of the molecule is C\C(=C/C=C/C(C)=[N+](\CCCS(=O)(=O)O)c1cc(C(=O)NCCS(=O)(=O)O)cc(C(=O)NCCS(=O)(=O)O)c1C)N(CCCCCC(=O)O)c1cc(C(=O)NCCS(=O)(=O)O)cc(C(=O)NCCS(=O)(=O)O)c1C. The zero-order chi connectivity index (χ0) is 56.4. The van der Waals surface area contributed by atoms with Crippen molar-refractivity contribution in [2.75, 3.05) is 72.9 Å². The Bertz CT molecular complexity index is 3100. The van der Waals surface area contributed by atoms with Crippen molar-refractivity contribution >= 4 is 97.3 Å². The Kier molecular flexibility index (Phi) is 24.6. The van der Waals surface area contributed by atoms with Crippen LogP contribution in [0.3, 0.4) is 0 Å². The molecule has 0 saturated heterocycles. The van der Waals surface area contributed by atoms with Gasteiger partial charge in [0.1, 0.15) is 6.54 Å². The van der Waals surface area contributed by atoms with E-state index in [2.05, 4.69) is 21.3 Å². The molecule has 0 bridgehead atoms. The summed E-state index contributed by atoms with van der Waals surface area (Å²) >= 11 is 0. The second-order valence-corrected chi connectivity index (χ2v) is 24.3. The molecule has 0 aromatic heterocycles. The highest BCUT2D eigenvalue weighted by Crippen LogP contribution is 2.30. The van der Waals surface area contributed by atoms with E-state index in [1.807, 2.05) is 0 Å². The van der Waals surface area contributed by atoms with Crippen LogP contribution in [0.5, 0.6) is 0 Å². The first-order valence-corrected chi connectivity index (χ1v) is 30.2. The first-order valence-electron chi connectivity index (χ1n) is 22.1. The lowest BCUT2D eigenvalue weighted by atomic mass is 9.99. The van der Waals surface area contributed by atoms with Gasteiger partial charge in [-0.25, -0.2) is 0 Å². The topological polar surface area (TPSA) is 432 Å². The number of benzene rings is 2. The molecule has 0 spiro atoms. The average molecular weight is 1150 g/mol. The number of anilines is 1. The van der Waals surface area contributed by atoms with Gasteiger partial charge < -0.3 is 31.3 Å². The number of nitrogens with one attached hydrogen (secondary N) is 4. The lowest BCUT2D eigenvalue weighted by Crippen LogP contribution is -2.32. The molecule has 2 aromatic rings. The van der Waals surface area contributed by atoms with Crippen LogP contribution in [0.2, 0.25) is 0 Å². The van der Waals surface area contributed by atoms with E-state index < -0.39 is 135 Å². The van der Waals surface area contributed by atoms with Crippen molar-refractivity contribution in [3.63, 3.8) is 0 Å². The number of carbonyl (C=O) groups is 5. The normalized spacial score (nSPS) is 13.0. The quantitative estimate of drug-likeness (QED) is 0.0164. The summed E-state index contributed by atoms with van der Waals surface area (Å²) in [6.45, 7) is 3.76. The largest absolute Gasteiger partial charge is 0.481 e. The van der Waals surface area contributed by atoms with E-state index in [1.54, 1.807) is 24.8 Å². The highest BCUT2D eigenvalue weighted by Gasteiger charge is 2.27. The van der Waals surface area contributed by atoms with Gasteiger partial charge in [-0.1, -0.05) is 12.5 Å². The molecule has 414 valence electrons. The first-order chi connectivity index (χ1) is 34.0. The number of hydrogen-bond donors (Lipinski definition) is 10. The van der Waals surface area contributed by atoms with Crippen molar-refractivity contribution in [2.45, 2.75) is 59.8 Å². The summed E-state index contributed by atoms with van der Waals surface area (Å²) in [5.74, 6) is -8.92. The van der Waals surface area contributed by atoms with Crippen LogP contribution in [-0.4, -0.2) is 178 Å². The molecule has 74 heavy (non-hydrogen) atoms. The number of carboxylic acid groups (broad SMARTS) is 1. The summed E-state index contributed by atoms with van der Waals surface area (Å²) in [6.07, 6.45) is 5.15. The average Bonchev–Trinajstić information content (AvgIpc) is 3.24. The Morgan fingerprint density at radius 1 is 0.554 bits per heavy atom. The highest BCUT2D eigenvalue weighted by molar-refractivity contribution is 7.86. The maximum absolute atomic E-state index is 13.5. The van der Waals surface area contributed by atoms with E-state index in [4.69, 9.17) is 0 Å². The monoisotopic (exact) mass is 1150 g/mol. The summed E-state index contributed by atoms with van der Waals surface area (Å²) in [6, 6.07) is 4.89. The summed E-state index contributed by atoms with van der Waals surface area (Å²) in [7, 11) is -22.6. The number of carboxylic acids is 1. The molecular formula is C42H61N6O21S5+. The van der Waals surface area contributed by atoms with Crippen LogP contribution in [0, 0.1) is 13.8 Å². The predicted octanol–water partition coefficient (Wildman–Crippen LogP) is 0.768. The Labute approximate surface area is 429 Å². The zero-order valence-electron chi connectivity index (χ0n) is 40.6. The van der Waals surface area contributed by atoms with Crippen LogP contribution in [0.1, 0.15) is 98.5 Å². The standard InChI is InChI=1S/C42H60N6O21S5/c1-28(47(17-7-5-6-12-38(49)50)36-26-32(39(51)43-13-20-71(58,59)60)24-34(30(36)3)41(53)45-15-22-73(64,65)66)10-8-11-29(2)48(18-9-19-70(55,56)57)37-27-33(40(52)44-14-21-72(61,62)63)25-35(31(37)4)42(54)46-16-23-74(67,68)69/h8,10-11,24-27H,5-7,9,12-23H2,1-4H3,(H9-,43,44,45,46,49,50,51,52,53,54,55,56,57,58,59,60,61,62,63,64,65,66,67,68,69)/p+1. The molecule has 0 aliphatic heterocycles. The smallest absolute Gasteiger partial charge is 0.303 e. The maximum Gasteiger partial charge on any atom is 0.303 e. The van der Waals surface area contributed by atoms with Crippen LogP contribution >= 0.6 is 0 Å². The van der Waals surface area contributed by atoms with Gasteiger partial charge in [0.2, 0.25) is 5.69 Å². The molecule has 27 nitrogen and oxygen atoms in total. The van der Waals surface area contributed by atoms with Gasteiger partial charge in [-0.05, 0) is 63.5 Å². The zero-order valence-corrected chi connectivity index (χ0v) is 44.7.